The van der Waals surface area contributed by atoms with Crippen molar-refractivity contribution >= 4 is 17.5 Å². The van der Waals surface area contributed by atoms with Crippen molar-refractivity contribution < 1.29 is 27.6 Å². The summed E-state index contributed by atoms with van der Waals surface area (Å²) >= 11 is 0. The fourth-order valence-corrected chi connectivity index (χ4v) is 1.74. The smallest absolute Gasteiger partial charge is 0.348 e. The van der Waals surface area contributed by atoms with Crippen molar-refractivity contribution in [1.29, 1.82) is 0 Å². The standard InChI is InChI=1S/C10H12F3NO3/c1-9(6(15)2-3-7(9)16)4-5-14-8(17)10(11,12)13/h2-5H2,1H3,(H,14,17). The van der Waals surface area contributed by atoms with E-state index in [1.807, 2.05) is 0 Å². The summed E-state index contributed by atoms with van der Waals surface area (Å²) in [7, 11) is 0. The van der Waals surface area contributed by atoms with Gasteiger partial charge in [-0.1, -0.05) is 0 Å². The van der Waals surface area contributed by atoms with Gasteiger partial charge in [0, 0.05) is 19.4 Å². The number of nitrogens with one attached hydrogen (secondary N) is 1. The first-order valence-corrected chi connectivity index (χ1v) is 5.09. The molecule has 0 atom stereocenters. The molecule has 0 unspecified atom stereocenters. The maximum Gasteiger partial charge on any atom is 0.471 e. The Hall–Kier alpha value is -1.40. The number of hydrogen-bond acceptors (Lipinski definition) is 3. The molecule has 1 fully saturated rings. The van der Waals surface area contributed by atoms with E-state index >= 15 is 0 Å². The van der Waals surface area contributed by atoms with Crippen LogP contribution in [0.4, 0.5) is 13.2 Å². The molecule has 7 heteroatoms. The number of halogens is 3. The molecule has 1 saturated carbocycles. The third kappa shape index (κ3) is 2.83. The first-order chi connectivity index (χ1) is 7.68. The van der Waals surface area contributed by atoms with Crippen LogP contribution in [0.5, 0.6) is 0 Å². The Labute approximate surface area is 95.5 Å². The van der Waals surface area contributed by atoms with Crippen molar-refractivity contribution in [3.05, 3.63) is 0 Å². The van der Waals surface area contributed by atoms with Crippen LogP contribution in [0.25, 0.3) is 0 Å². The zero-order chi connectivity index (χ0) is 13.3. The highest BCUT2D eigenvalue weighted by Crippen LogP contribution is 2.33. The van der Waals surface area contributed by atoms with Crippen LogP contribution in [0.3, 0.4) is 0 Å². The number of carbonyl (C=O) groups is 3. The van der Waals surface area contributed by atoms with E-state index in [2.05, 4.69) is 0 Å². The summed E-state index contributed by atoms with van der Waals surface area (Å²) in [6.07, 6.45) is -4.78. The van der Waals surface area contributed by atoms with E-state index in [0.717, 1.165) is 0 Å². The highest BCUT2D eigenvalue weighted by Gasteiger charge is 2.45. The maximum absolute atomic E-state index is 11.9. The number of amides is 1. The molecular formula is C10H12F3NO3. The Balaban J connectivity index is 2.49. The minimum atomic E-state index is -4.94. The predicted molar refractivity (Wildman–Crippen MR) is 51.0 cm³/mol. The molecule has 17 heavy (non-hydrogen) atoms. The van der Waals surface area contributed by atoms with E-state index < -0.39 is 17.5 Å². The first kappa shape index (κ1) is 13.7. The minimum absolute atomic E-state index is 0.0908. The number of rotatable bonds is 3. The van der Waals surface area contributed by atoms with Crippen molar-refractivity contribution in [2.75, 3.05) is 6.54 Å². The van der Waals surface area contributed by atoms with Crippen LogP contribution < -0.4 is 5.32 Å². The molecule has 1 rings (SSSR count). The average molecular weight is 251 g/mol. The summed E-state index contributed by atoms with van der Waals surface area (Å²) in [4.78, 5) is 33.3. The molecular weight excluding hydrogens is 239 g/mol. The Morgan fingerprint density at radius 1 is 1.29 bits per heavy atom. The maximum atomic E-state index is 11.9. The van der Waals surface area contributed by atoms with Crippen molar-refractivity contribution in [2.24, 2.45) is 5.41 Å². The summed E-state index contributed by atoms with van der Waals surface area (Å²) in [6.45, 7) is 1.07. The van der Waals surface area contributed by atoms with Crippen LogP contribution in [0, 0.1) is 5.41 Å². The van der Waals surface area contributed by atoms with E-state index in [-0.39, 0.29) is 37.4 Å². The molecule has 1 amide bonds. The van der Waals surface area contributed by atoms with Gasteiger partial charge in [-0.15, -0.1) is 0 Å². The molecule has 4 nitrogen and oxygen atoms in total. The lowest BCUT2D eigenvalue weighted by Crippen LogP contribution is -2.40. The Kier molecular flexibility index (Phi) is 3.59. The van der Waals surface area contributed by atoms with Gasteiger partial charge in [-0.2, -0.15) is 13.2 Å². The highest BCUT2D eigenvalue weighted by atomic mass is 19.4. The van der Waals surface area contributed by atoms with Crippen LogP contribution in [0.2, 0.25) is 0 Å². The van der Waals surface area contributed by atoms with E-state index in [4.69, 9.17) is 0 Å². The zero-order valence-electron chi connectivity index (χ0n) is 9.19. The molecule has 0 spiro atoms. The van der Waals surface area contributed by atoms with Crippen LogP contribution in [0.1, 0.15) is 26.2 Å². The van der Waals surface area contributed by atoms with E-state index in [1.165, 1.54) is 6.92 Å². The summed E-state index contributed by atoms with van der Waals surface area (Å²) < 4.78 is 35.6. The number of carbonyl (C=O) groups excluding carboxylic acids is 3. The fourth-order valence-electron chi connectivity index (χ4n) is 1.74. The first-order valence-electron chi connectivity index (χ1n) is 5.09. The highest BCUT2D eigenvalue weighted by molar-refractivity contribution is 6.12. The number of Topliss-reactive ketones (excluding diaryl/α,β-unsaturated/α-hetero) is 2. The van der Waals surface area contributed by atoms with Gasteiger partial charge in [0.15, 0.2) is 0 Å². The van der Waals surface area contributed by atoms with Gasteiger partial charge < -0.3 is 5.32 Å². The third-order valence-electron chi connectivity index (χ3n) is 2.98. The van der Waals surface area contributed by atoms with Crippen LogP contribution >= 0.6 is 0 Å². The lowest BCUT2D eigenvalue weighted by molar-refractivity contribution is -0.173. The lowest BCUT2D eigenvalue weighted by Gasteiger charge is -2.20. The molecule has 0 saturated heterocycles. The predicted octanol–water partition coefficient (Wildman–Crippen LogP) is 0.993. The lowest BCUT2D eigenvalue weighted by atomic mass is 9.83. The number of alkyl halides is 3. The van der Waals surface area contributed by atoms with Gasteiger partial charge in [0.2, 0.25) is 0 Å². The monoisotopic (exact) mass is 251 g/mol. The van der Waals surface area contributed by atoms with Gasteiger partial charge in [0.25, 0.3) is 0 Å². The van der Waals surface area contributed by atoms with Gasteiger partial charge in [-0.3, -0.25) is 14.4 Å². The van der Waals surface area contributed by atoms with Gasteiger partial charge >= 0.3 is 12.1 Å². The summed E-state index contributed by atoms with van der Waals surface area (Å²) in [5.41, 5.74) is -1.24. The van der Waals surface area contributed by atoms with Crippen LogP contribution in [-0.2, 0) is 14.4 Å². The normalized spacial score (nSPS) is 19.5. The molecule has 96 valence electrons. The van der Waals surface area contributed by atoms with Crippen LogP contribution in [0.15, 0.2) is 0 Å². The summed E-state index contributed by atoms with van der Waals surface area (Å²) in [5, 5.41) is 1.65. The Morgan fingerprint density at radius 2 is 1.76 bits per heavy atom. The Morgan fingerprint density at radius 3 is 2.18 bits per heavy atom. The molecule has 0 aliphatic heterocycles. The van der Waals surface area contributed by atoms with E-state index in [1.54, 1.807) is 5.32 Å². The molecule has 1 N–H and O–H groups in total. The minimum Gasteiger partial charge on any atom is -0.348 e. The van der Waals surface area contributed by atoms with E-state index in [9.17, 15) is 27.6 Å². The molecule has 0 aromatic heterocycles. The zero-order valence-corrected chi connectivity index (χ0v) is 9.19. The molecule has 0 bridgehead atoms. The van der Waals surface area contributed by atoms with Gasteiger partial charge in [0.05, 0.1) is 5.41 Å². The summed E-state index contributed by atoms with van der Waals surface area (Å²) in [6, 6.07) is 0. The van der Waals surface area contributed by atoms with Crippen molar-refractivity contribution in [1.82, 2.24) is 5.32 Å². The quantitative estimate of drug-likeness (QED) is 0.761. The van der Waals surface area contributed by atoms with Crippen molar-refractivity contribution in [3.63, 3.8) is 0 Å². The number of ketones is 2. The molecule has 0 aromatic rings. The second-order valence-electron chi connectivity index (χ2n) is 4.18. The van der Waals surface area contributed by atoms with Crippen LogP contribution in [-0.4, -0.2) is 30.2 Å². The average Bonchev–Trinajstić information content (AvgIpc) is 2.45. The van der Waals surface area contributed by atoms with E-state index in [0.29, 0.717) is 0 Å². The molecule has 0 heterocycles. The molecule has 0 radical (unpaired) electrons. The fraction of sp³-hybridized carbons (Fsp3) is 0.700. The molecule has 1 aliphatic carbocycles. The number of hydrogen-bond donors (Lipinski definition) is 1. The molecule has 0 aromatic carbocycles. The van der Waals surface area contributed by atoms with Gasteiger partial charge in [0.1, 0.15) is 11.6 Å². The largest absolute Gasteiger partial charge is 0.471 e. The summed E-state index contributed by atoms with van der Waals surface area (Å²) in [5.74, 6) is -2.61. The Bertz CT molecular complexity index is 346. The second kappa shape index (κ2) is 4.46. The van der Waals surface area contributed by atoms with Gasteiger partial charge in [-0.25, -0.2) is 0 Å². The van der Waals surface area contributed by atoms with Crippen molar-refractivity contribution in [3.8, 4) is 0 Å². The van der Waals surface area contributed by atoms with Crippen molar-refractivity contribution in [2.45, 2.75) is 32.4 Å². The topological polar surface area (TPSA) is 63.2 Å². The third-order valence-corrected chi connectivity index (χ3v) is 2.98. The molecule has 1 aliphatic rings. The SMILES string of the molecule is CC1(CCNC(=O)C(F)(F)F)C(=O)CCC1=O. The second-order valence-corrected chi connectivity index (χ2v) is 4.18. The van der Waals surface area contributed by atoms with Gasteiger partial charge in [-0.05, 0) is 13.3 Å².